The average molecular weight is 271 g/mol. The van der Waals surface area contributed by atoms with Gasteiger partial charge >= 0.3 is 12.0 Å². The zero-order valence-electron chi connectivity index (χ0n) is 9.78. The number of rotatable bonds is 6. The highest BCUT2D eigenvalue weighted by Crippen LogP contribution is 2.10. The van der Waals surface area contributed by atoms with E-state index >= 15 is 0 Å². The lowest BCUT2D eigenvalue weighted by Gasteiger charge is -2.06. The Balaban J connectivity index is 2.17. The van der Waals surface area contributed by atoms with E-state index in [-0.39, 0.29) is 19.0 Å². The molecule has 0 spiro atoms. The van der Waals surface area contributed by atoms with Gasteiger partial charge in [0.1, 0.15) is 0 Å². The third kappa shape index (κ3) is 6.10. The second-order valence-corrected chi connectivity index (χ2v) is 4.14. The second kappa shape index (κ2) is 7.55. The van der Waals surface area contributed by atoms with Crippen LogP contribution in [0.25, 0.3) is 0 Å². The number of amides is 2. The van der Waals surface area contributed by atoms with Crippen molar-refractivity contribution in [1.82, 2.24) is 10.6 Å². The molecule has 0 aliphatic heterocycles. The van der Waals surface area contributed by atoms with Gasteiger partial charge in [-0.2, -0.15) is 0 Å². The maximum atomic E-state index is 11.2. The van der Waals surface area contributed by atoms with E-state index in [1.807, 2.05) is 18.2 Å². The lowest BCUT2D eigenvalue weighted by Crippen LogP contribution is -2.37. The van der Waals surface area contributed by atoms with Gasteiger partial charge in [-0.3, -0.25) is 4.79 Å². The molecule has 0 bridgehead atoms. The number of carbonyl (C=O) groups excluding carboxylic acids is 1. The Labute approximate surface area is 110 Å². The summed E-state index contributed by atoms with van der Waals surface area (Å²) in [6.07, 6.45) is 0.592. The highest BCUT2D eigenvalue weighted by Gasteiger charge is 2.01. The summed E-state index contributed by atoms with van der Waals surface area (Å²) in [5.41, 5.74) is 1.04. The van der Waals surface area contributed by atoms with Crippen LogP contribution in [0.4, 0.5) is 4.79 Å². The van der Waals surface area contributed by atoms with Crippen molar-refractivity contribution in [3.05, 3.63) is 34.9 Å². The first kappa shape index (κ1) is 14.3. The molecule has 0 unspecified atom stereocenters. The molecule has 1 aromatic rings. The van der Waals surface area contributed by atoms with Crippen LogP contribution in [0.2, 0.25) is 5.02 Å². The smallest absolute Gasteiger partial charge is 0.314 e. The topological polar surface area (TPSA) is 78.4 Å². The molecule has 5 nitrogen and oxygen atoms in total. The predicted molar refractivity (Wildman–Crippen MR) is 68.8 cm³/mol. The van der Waals surface area contributed by atoms with E-state index in [9.17, 15) is 9.59 Å². The summed E-state index contributed by atoms with van der Waals surface area (Å²) < 4.78 is 0. The van der Waals surface area contributed by atoms with Crippen LogP contribution in [-0.4, -0.2) is 30.2 Å². The zero-order chi connectivity index (χ0) is 13.4. The van der Waals surface area contributed by atoms with Gasteiger partial charge in [-0.1, -0.05) is 23.7 Å². The van der Waals surface area contributed by atoms with Crippen molar-refractivity contribution in [1.29, 1.82) is 0 Å². The Kier molecular flexibility index (Phi) is 6.00. The molecule has 0 aromatic heterocycles. The number of carboxylic acid groups (broad SMARTS) is 1. The first-order valence-electron chi connectivity index (χ1n) is 5.56. The monoisotopic (exact) mass is 270 g/mol. The van der Waals surface area contributed by atoms with Gasteiger partial charge in [0.25, 0.3) is 0 Å². The lowest BCUT2D eigenvalue weighted by molar-refractivity contribution is -0.136. The van der Waals surface area contributed by atoms with Crippen LogP contribution >= 0.6 is 11.6 Å². The largest absolute Gasteiger partial charge is 0.481 e. The molecule has 0 heterocycles. The van der Waals surface area contributed by atoms with Crippen LogP contribution in [0, 0.1) is 0 Å². The van der Waals surface area contributed by atoms with Gasteiger partial charge in [0, 0.05) is 18.1 Å². The Morgan fingerprint density at radius 2 is 1.94 bits per heavy atom. The number of urea groups is 1. The number of hydrogen-bond acceptors (Lipinski definition) is 2. The van der Waals surface area contributed by atoms with Crippen molar-refractivity contribution >= 4 is 23.6 Å². The SMILES string of the molecule is O=C(O)CCNC(=O)NCCc1cccc(Cl)c1. The summed E-state index contributed by atoms with van der Waals surface area (Å²) in [6.45, 7) is 0.595. The molecule has 3 N–H and O–H groups in total. The average Bonchev–Trinajstić information content (AvgIpc) is 2.28. The number of aliphatic carboxylic acids is 1. The maximum absolute atomic E-state index is 11.2. The highest BCUT2D eigenvalue weighted by atomic mass is 35.5. The maximum Gasteiger partial charge on any atom is 0.314 e. The van der Waals surface area contributed by atoms with Gasteiger partial charge < -0.3 is 15.7 Å². The summed E-state index contributed by atoms with van der Waals surface area (Å²) in [6, 6.07) is 7.04. The summed E-state index contributed by atoms with van der Waals surface area (Å²) in [7, 11) is 0. The van der Waals surface area contributed by atoms with E-state index in [1.165, 1.54) is 0 Å². The molecule has 0 aliphatic carbocycles. The van der Waals surface area contributed by atoms with Crippen LogP contribution in [0.3, 0.4) is 0 Å². The van der Waals surface area contributed by atoms with Crippen LogP contribution in [0.5, 0.6) is 0 Å². The quantitative estimate of drug-likeness (QED) is 0.736. The predicted octanol–water partition coefficient (Wildman–Crippen LogP) is 1.66. The van der Waals surface area contributed by atoms with Crippen LogP contribution < -0.4 is 10.6 Å². The fourth-order valence-corrected chi connectivity index (χ4v) is 1.57. The molecule has 0 atom stereocenters. The van der Waals surface area contributed by atoms with Crippen LogP contribution in [0.1, 0.15) is 12.0 Å². The first-order chi connectivity index (χ1) is 8.58. The van der Waals surface area contributed by atoms with Gasteiger partial charge in [0.05, 0.1) is 6.42 Å². The van der Waals surface area contributed by atoms with E-state index in [2.05, 4.69) is 10.6 Å². The molecule has 0 radical (unpaired) electrons. The first-order valence-corrected chi connectivity index (χ1v) is 5.93. The summed E-state index contributed by atoms with van der Waals surface area (Å²) in [4.78, 5) is 21.5. The third-order valence-corrected chi connectivity index (χ3v) is 2.45. The Hall–Kier alpha value is -1.75. The van der Waals surface area contributed by atoms with Gasteiger partial charge in [-0.15, -0.1) is 0 Å². The molecule has 6 heteroatoms. The Bertz CT molecular complexity index is 424. The number of hydrogen-bond donors (Lipinski definition) is 3. The minimum atomic E-state index is -0.936. The molecular formula is C12H15ClN2O3. The molecule has 0 fully saturated rings. The third-order valence-electron chi connectivity index (χ3n) is 2.21. The number of halogens is 1. The Morgan fingerprint density at radius 3 is 2.61 bits per heavy atom. The van der Waals surface area contributed by atoms with Gasteiger partial charge in [-0.25, -0.2) is 4.79 Å². The summed E-state index contributed by atoms with van der Waals surface area (Å²) in [5, 5.41) is 14.2. The molecule has 1 aromatic carbocycles. The molecule has 1 rings (SSSR count). The molecule has 0 saturated heterocycles. The summed E-state index contributed by atoms with van der Waals surface area (Å²) >= 11 is 5.83. The Morgan fingerprint density at radius 1 is 1.22 bits per heavy atom. The molecule has 0 aliphatic rings. The number of benzene rings is 1. The molecule has 2 amide bonds. The normalized spacial score (nSPS) is 9.83. The van der Waals surface area contributed by atoms with Crippen molar-refractivity contribution in [2.75, 3.05) is 13.1 Å². The molecule has 0 saturated carbocycles. The van der Waals surface area contributed by atoms with Crippen molar-refractivity contribution in [3.63, 3.8) is 0 Å². The highest BCUT2D eigenvalue weighted by molar-refractivity contribution is 6.30. The minimum Gasteiger partial charge on any atom is -0.481 e. The van der Waals surface area contributed by atoms with E-state index in [4.69, 9.17) is 16.7 Å². The van der Waals surface area contributed by atoms with Crippen molar-refractivity contribution in [2.45, 2.75) is 12.8 Å². The molecule has 18 heavy (non-hydrogen) atoms. The van der Waals surface area contributed by atoms with Crippen molar-refractivity contribution in [3.8, 4) is 0 Å². The van der Waals surface area contributed by atoms with Crippen molar-refractivity contribution in [2.24, 2.45) is 0 Å². The van der Waals surface area contributed by atoms with E-state index in [1.54, 1.807) is 6.07 Å². The minimum absolute atomic E-state index is 0.0816. The number of carbonyl (C=O) groups is 2. The van der Waals surface area contributed by atoms with E-state index < -0.39 is 5.97 Å². The lowest BCUT2D eigenvalue weighted by atomic mass is 10.1. The van der Waals surface area contributed by atoms with E-state index in [0.717, 1.165) is 5.56 Å². The summed E-state index contributed by atoms with van der Waals surface area (Å²) in [5.74, 6) is -0.936. The van der Waals surface area contributed by atoms with Crippen molar-refractivity contribution < 1.29 is 14.7 Å². The van der Waals surface area contributed by atoms with Gasteiger partial charge in [0.2, 0.25) is 0 Å². The van der Waals surface area contributed by atoms with Gasteiger partial charge in [0.15, 0.2) is 0 Å². The van der Waals surface area contributed by atoms with E-state index in [0.29, 0.717) is 18.0 Å². The number of nitrogens with one attached hydrogen (secondary N) is 2. The fourth-order valence-electron chi connectivity index (χ4n) is 1.36. The van der Waals surface area contributed by atoms with Crippen LogP contribution in [0.15, 0.2) is 24.3 Å². The number of carboxylic acids is 1. The molecule has 98 valence electrons. The van der Waals surface area contributed by atoms with Gasteiger partial charge in [-0.05, 0) is 24.1 Å². The van der Waals surface area contributed by atoms with Crippen LogP contribution in [-0.2, 0) is 11.2 Å². The molecular weight excluding hydrogens is 256 g/mol. The standard InChI is InChI=1S/C12H15ClN2O3/c13-10-3-1-2-9(8-10)4-6-14-12(18)15-7-5-11(16)17/h1-3,8H,4-7H2,(H,16,17)(H2,14,15,18). The second-order valence-electron chi connectivity index (χ2n) is 3.71. The fraction of sp³-hybridized carbons (Fsp3) is 0.333. The zero-order valence-corrected chi connectivity index (χ0v) is 10.5.